The maximum absolute atomic E-state index is 14.5. The zero-order chi connectivity index (χ0) is 33.6. The third-order valence-electron chi connectivity index (χ3n) is 10.7. The standard InChI is InChI=1S/C46H31NO2S/c1-2-38-46-44-36(18-10-20-40(44)50(48,49)41-21-11-19-39(47-38)45(41)46)43-34-17-9-8-16-33(34)42(32-23-22-29-14-6-7-15-30(29)26-32)35-25-24-31(27-37(35)43)28-12-4-3-5-13-28/h3-27,46H,2H2,1H3. The van der Waals surface area contributed by atoms with E-state index < -0.39 is 9.84 Å². The van der Waals surface area contributed by atoms with Gasteiger partial charge in [0.1, 0.15) is 0 Å². The molecule has 50 heavy (non-hydrogen) atoms. The molecular formula is C46H31NO2S. The Morgan fingerprint density at radius 3 is 1.98 bits per heavy atom. The van der Waals surface area contributed by atoms with Crippen LogP contribution in [0.5, 0.6) is 0 Å². The third kappa shape index (κ3) is 4.09. The average molecular weight is 662 g/mol. The Labute approximate surface area is 291 Å². The molecule has 0 radical (unpaired) electrons. The van der Waals surface area contributed by atoms with Gasteiger partial charge in [-0.1, -0.05) is 128 Å². The monoisotopic (exact) mass is 661 g/mol. The molecule has 2 aliphatic rings. The molecule has 0 spiro atoms. The van der Waals surface area contributed by atoms with E-state index in [9.17, 15) is 8.42 Å². The van der Waals surface area contributed by atoms with Crippen LogP contribution in [0, 0.1) is 0 Å². The summed E-state index contributed by atoms with van der Waals surface area (Å²) in [6.45, 7) is 2.12. The van der Waals surface area contributed by atoms with Gasteiger partial charge in [-0.05, 0) is 108 Å². The van der Waals surface area contributed by atoms with Crippen molar-refractivity contribution in [2.75, 3.05) is 0 Å². The molecule has 2 heterocycles. The highest BCUT2D eigenvalue weighted by atomic mass is 32.2. The highest BCUT2D eigenvalue weighted by molar-refractivity contribution is 7.91. The van der Waals surface area contributed by atoms with Crippen LogP contribution in [0.2, 0.25) is 0 Å². The first-order valence-corrected chi connectivity index (χ1v) is 18.6. The molecule has 0 N–H and O–H groups in total. The Kier molecular flexibility index (Phi) is 6.31. The molecule has 1 atom stereocenters. The first-order chi connectivity index (χ1) is 24.5. The Bertz CT molecular complexity index is 2870. The molecule has 0 bridgehead atoms. The fourth-order valence-corrected chi connectivity index (χ4v) is 10.3. The molecule has 238 valence electrons. The number of benzene rings is 8. The van der Waals surface area contributed by atoms with Crippen molar-refractivity contribution in [3.05, 3.63) is 163 Å². The molecule has 0 aromatic heterocycles. The Balaban J connectivity index is 1.36. The Morgan fingerprint density at radius 1 is 0.520 bits per heavy atom. The van der Waals surface area contributed by atoms with Crippen molar-refractivity contribution in [2.24, 2.45) is 4.99 Å². The van der Waals surface area contributed by atoms with Crippen molar-refractivity contribution in [3.8, 4) is 33.4 Å². The number of sulfone groups is 1. The van der Waals surface area contributed by atoms with E-state index in [1.54, 1.807) is 12.1 Å². The summed E-state index contributed by atoms with van der Waals surface area (Å²) in [5.41, 5.74) is 9.97. The van der Waals surface area contributed by atoms with Crippen molar-refractivity contribution >= 4 is 53.6 Å². The topological polar surface area (TPSA) is 46.5 Å². The molecule has 8 aromatic rings. The molecule has 0 fully saturated rings. The number of fused-ring (bicyclic) bond motifs is 5. The maximum atomic E-state index is 14.5. The lowest BCUT2D eigenvalue weighted by atomic mass is 9.79. The second-order valence-corrected chi connectivity index (χ2v) is 15.2. The van der Waals surface area contributed by atoms with Gasteiger partial charge in [0.2, 0.25) is 9.84 Å². The highest BCUT2D eigenvalue weighted by Crippen LogP contribution is 2.55. The van der Waals surface area contributed by atoms with E-state index >= 15 is 0 Å². The van der Waals surface area contributed by atoms with Crippen LogP contribution in [0.25, 0.3) is 65.7 Å². The lowest BCUT2D eigenvalue weighted by molar-refractivity contribution is 0.591. The summed E-state index contributed by atoms with van der Waals surface area (Å²) in [6, 6.07) is 52.4. The van der Waals surface area contributed by atoms with E-state index in [2.05, 4.69) is 122 Å². The van der Waals surface area contributed by atoms with Crippen LogP contribution in [0.4, 0.5) is 5.69 Å². The summed E-state index contributed by atoms with van der Waals surface area (Å²) in [6.07, 6.45) is 0.729. The molecule has 0 aliphatic carbocycles. The minimum atomic E-state index is -3.78. The van der Waals surface area contributed by atoms with E-state index in [1.165, 1.54) is 16.3 Å². The molecule has 0 saturated carbocycles. The lowest BCUT2D eigenvalue weighted by Gasteiger charge is -2.29. The first kappa shape index (κ1) is 29.1. The third-order valence-corrected chi connectivity index (χ3v) is 12.5. The molecule has 2 aliphatic heterocycles. The highest BCUT2D eigenvalue weighted by Gasteiger charge is 2.43. The second kappa shape index (κ2) is 10.8. The van der Waals surface area contributed by atoms with Gasteiger partial charge in [-0.3, -0.25) is 4.99 Å². The van der Waals surface area contributed by atoms with Gasteiger partial charge in [0, 0.05) is 11.3 Å². The van der Waals surface area contributed by atoms with Crippen LogP contribution in [0.1, 0.15) is 30.4 Å². The van der Waals surface area contributed by atoms with Crippen molar-refractivity contribution in [1.29, 1.82) is 0 Å². The van der Waals surface area contributed by atoms with Gasteiger partial charge in [0.25, 0.3) is 0 Å². The summed E-state index contributed by atoms with van der Waals surface area (Å²) < 4.78 is 28.9. The summed E-state index contributed by atoms with van der Waals surface area (Å²) in [7, 11) is -3.78. The van der Waals surface area contributed by atoms with E-state index in [-0.39, 0.29) is 5.92 Å². The average Bonchev–Trinajstić information content (AvgIpc) is 3.55. The van der Waals surface area contributed by atoms with Gasteiger partial charge in [0.15, 0.2) is 0 Å². The van der Waals surface area contributed by atoms with E-state index in [1.807, 2.05) is 24.3 Å². The SMILES string of the molecule is CCC1=Nc2cccc3c2C1c1c(-c2c4ccccc4c(-c4ccc5ccccc5c4)c4ccc(-c5ccccc5)cc24)cccc1S3(=O)=O. The summed E-state index contributed by atoms with van der Waals surface area (Å²) in [5, 5.41) is 6.83. The van der Waals surface area contributed by atoms with Gasteiger partial charge in [-0.15, -0.1) is 0 Å². The Morgan fingerprint density at radius 2 is 1.18 bits per heavy atom. The zero-order valence-corrected chi connectivity index (χ0v) is 28.2. The summed E-state index contributed by atoms with van der Waals surface area (Å²) >= 11 is 0. The summed E-state index contributed by atoms with van der Waals surface area (Å²) in [5.74, 6) is -0.229. The largest absolute Gasteiger partial charge is 0.256 e. The van der Waals surface area contributed by atoms with Crippen LogP contribution in [0.15, 0.2) is 166 Å². The first-order valence-electron chi connectivity index (χ1n) is 17.1. The number of aliphatic imine (C=N–C) groups is 1. The van der Waals surface area contributed by atoms with Gasteiger partial charge in [-0.2, -0.15) is 0 Å². The smallest absolute Gasteiger partial charge is 0.207 e. The van der Waals surface area contributed by atoms with Crippen molar-refractivity contribution in [2.45, 2.75) is 29.1 Å². The van der Waals surface area contributed by atoms with Gasteiger partial charge >= 0.3 is 0 Å². The molecule has 4 heteroatoms. The van der Waals surface area contributed by atoms with E-state index in [0.29, 0.717) is 9.79 Å². The quantitative estimate of drug-likeness (QED) is 0.176. The molecule has 0 amide bonds. The van der Waals surface area contributed by atoms with Crippen LogP contribution in [0.3, 0.4) is 0 Å². The van der Waals surface area contributed by atoms with Gasteiger partial charge < -0.3 is 0 Å². The molecular weight excluding hydrogens is 631 g/mol. The van der Waals surface area contributed by atoms with E-state index in [4.69, 9.17) is 4.99 Å². The van der Waals surface area contributed by atoms with Crippen LogP contribution in [-0.2, 0) is 9.84 Å². The van der Waals surface area contributed by atoms with Crippen molar-refractivity contribution < 1.29 is 8.42 Å². The van der Waals surface area contributed by atoms with Crippen molar-refractivity contribution in [3.63, 3.8) is 0 Å². The van der Waals surface area contributed by atoms with Crippen LogP contribution in [-0.4, -0.2) is 14.1 Å². The fraction of sp³-hybridized carbons (Fsp3) is 0.0652. The molecule has 0 saturated heterocycles. The Hall–Kier alpha value is -5.84. The molecule has 3 nitrogen and oxygen atoms in total. The minimum Gasteiger partial charge on any atom is -0.256 e. The summed E-state index contributed by atoms with van der Waals surface area (Å²) in [4.78, 5) is 5.79. The maximum Gasteiger partial charge on any atom is 0.207 e. The molecule has 8 aromatic carbocycles. The van der Waals surface area contributed by atoms with Crippen LogP contribution < -0.4 is 0 Å². The minimum absolute atomic E-state index is 0.229. The lowest BCUT2D eigenvalue weighted by Crippen LogP contribution is -2.22. The second-order valence-electron chi connectivity index (χ2n) is 13.3. The molecule has 10 rings (SSSR count). The van der Waals surface area contributed by atoms with Gasteiger partial charge in [-0.25, -0.2) is 8.42 Å². The fourth-order valence-electron chi connectivity index (χ4n) is 8.48. The van der Waals surface area contributed by atoms with E-state index in [0.717, 1.165) is 78.3 Å². The predicted molar refractivity (Wildman–Crippen MR) is 206 cm³/mol. The molecule has 1 unspecified atom stereocenters. The number of hydrogen-bond acceptors (Lipinski definition) is 3. The van der Waals surface area contributed by atoms with Crippen LogP contribution >= 0.6 is 0 Å². The number of rotatable bonds is 4. The normalized spacial score (nSPS) is 15.6. The number of hydrogen-bond donors (Lipinski definition) is 0. The van der Waals surface area contributed by atoms with Crippen molar-refractivity contribution in [1.82, 2.24) is 0 Å². The zero-order valence-electron chi connectivity index (χ0n) is 27.4. The van der Waals surface area contributed by atoms with Gasteiger partial charge in [0.05, 0.1) is 21.4 Å². The predicted octanol–water partition coefficient (Wildman–Crippen LogP) is 11.9. The number of nitrogens with zero attached hydrogens (tertiary/aromatic N) is 1.